The molecule has 21 heavy (non-hydrogen) atoms. The number of aromatic nitrogens is 3. The van der Waals surface area contributed by atoms with Crippen molar-refractivity contribution in [2.24, 2.45) is 0 Å². The maximum Gasteiger partial charge on any atom is 0.234 e. The van der Waals surface area contributed by atoms with Crippen LogP contribution in [0.4, 0.5) is 11.6 Å². The van der Waals surface area contributed by atoms with Crippen molar-refractivity contribution in [2.45, 2.75) is 12.1 Å². The van der Waals surface area contributed by atoms with Gasteiger partial charge in [0, 0.05) is 0 Å². The molecule has 0 atom stereocenters. The number of carbonyl (C=O) groups is 1. The van der Waals surface area contributed by atoms with Gasteiger partial charge in [0.15, 0.2) is 5.16 Å². The normalized spacial score (nSPS) is 10.1. The van der Waals surface area contributed by atoms with Gasteiger partial charge in [-0.25, -0.2) is 9.97 Å². The highest BCUT2D eigenvalue weighted by Crippen LogP contribution is 2.24. The molecule has 1 heterocycles. The lowest BCUT2D eigenvalue weighted by Crippen LogP contribution is -2.15. The number of hydrogen-bond acceptors (Lipinski definition) is 7. The molecule has 8 heteroatoms. The van der Waals surface area contributed by atoms with E-state index in [0.717, 1.165) is 0 Å². The summed E-state index contributed by atoms with van der Waals surface area (Å²) >= 11 is 1.19. The van der Waals surface area contributed by atoms with E-state index in [1.165, 1.54) is 18.1 Å². The van der Waals surface area contributed by atoms with Gasteiger partial charge in [0.1, 0.15) is 12.1 Å². The second kappa shape index (κ2) is 7.44. The van der Waals surface area contributed by atoms with E-state index in [4.69, 9.17) is 10.5 Å². The Labute approximate surface area is 126 Å². The standard InChI is InChI=1S/C13H15N5O2S/c1-2-20-10-6-4-3-5-9(10)17-11(19)7-21-13-16-8-15-12(14)18-13/h3-6,8H,2,7H2,1H3,(H,17,19)(H2,14,15,16,18). The van der Waals surface area contributed by atoms with Crippen molar-refractivity contribution in [3.63, 3.8) is 0 Å². The Bertz CT molecular complexity index is 623. The van der Waals surface area contributed by atoms with Crippen molar-refractivity contribution >= 4 is 29.3 Å². The SMILES string of the molecule is CCOc1ccccc1NC(=O)CSc1ncnc(N)n1. The lowest BCUT2D eigenvalue weighted by atomic mass is 10.3. The third kappa shape index (κ3) is 4.60. The van der Waals surface area contributed by atoms with E-state index in [0.29, 0.717) is 23.2 Å². The van der Waals surface area contributed by atoms with Crippen molar-refractivity contribution < 1.29 is 9.53 Å². The number of anilines is 2. The zero-order chi connectivity index (χ0) is 15.1. The van der Waals surface area contributed by atoms with Gasteiger partial charge in [0.2, 0.25) is 11.9 Å². The number of ether oxygens (including phenoxy) is 1. The minimum atomic E-state index is -0.175. The molecule has 7 nitrogen and oxygen atoms in total. The highest BCUT2D eigenvalue weighted by Gasteiger charge is 2.09. The zero-order valence-corrected chi connectivity index (χ0v) is 12.3. The molecule has 2 aromatic rings. The van der Waals surface area contributed by atoms with E-state index < -0.39 is 0 Å². The van der Waals surface area contributed by atoms with Gasteiger partial charge < -0.3 is 15.8 Å². The second-order valence-corrected chi connectivity index (χ2v) is 4.83. The first-order valence-corrected chi connectivity index (χ1v) is 7.26. The largest absolute Gasteiger partial charge is 0.492 e. The Morgan fingerprint density at radius 1 is 1.38 bits per heavy atom. The second-order valence-electron chi connectivity index (χ2n) is 3.89. The van der Waals surface area contributed by atoms with Crippen LogP contribution in [0.25, 0.3) is 0 Å². The quantitative estimate of drug-likeness (QED) is 0.781. The van der Waals surface area contributed by atoms with Crippen LogP contribution in [0.2, 0.25) is 0 Å². The van der Waals surface area contributed by atoms with Gasteiger partial charge in [-0.1, -0.05) is 23.9 Å². The van der Waals surface area contributed by atoms with E-state index in [2.05, 4.69) is 20.3 Å². The molecule has 0 fully saturated rings. The maximum atomic E-state index is 11.9. The number of para-hydroxylation sites is 2. The summed E-state index contributed by atoms with van der Waals surface area (Å²) in [4.78, 5) is 23.5. The third-order valence-electron chi connectivity index (χ3n) is 2.36. The molecule has 0 spiro atoms. The first-order chi connectivity index (χ1) is 10.2. The third-order valence-corrected chi connectivity index (χ3v) is 3.22. The Morgan fingerprint density at radius 2 is 2.19 bits per heavy atom. The molecular formula is C13H15N5O2S. The van der Waals surface area contributed by atoms with Gasteiger partial charge in [-0.05, 0) is 19.1 Å². The molecule has 1 amide bonds. The number of thioether (sulfide) groups is 1. The minimum Gasteiger partial charge on any atom is -0.492 e. The summed E-state index contributed by atoms with van der Waals surface area (Å²) in [5.41, 5.74) is 6.09. The van der Waals surface area contributed by atoms with Gasteiger partial charge in [0.25, 0.3) is 0 Å². The van der Waals surface area contributed by atoms with Crippen LogP contribution in [0.15, 0.2) is 35.7 Å². The number of benzene rings is 1. The van der Waals surface area contributed by atoms with E-state index in [-0.39, 0.29) is 17.6 Å². The van der Waals surface area contributed by atoms with E-state index >= 15 is 0 Å². The van der Waals surface area contributed by atoms with Crippen LogP contribution in [-0.2, 0) is 4.79 Å². The van der Waals surface area contributed by atoms with Crippen LogP contribution in [-0.4, -0.2) is 33.2 Å². The van der Waals surface area contributed by atoms with Crippen LogP contribution in [0.5, 0.6) is 5.75 Å². The average Bonchev–Trinajstić information content (AvgIpc) is 2.48. The van der Waals surface area contributed by atoms with Crippen LogP contribution in [0.3, 0.4) is 0 Å². The number of nitrogens with one attached hydrogen (secondary N) is 1. The fraction of sp³-hybridized carbons (Fsp3) is 0.231. The van der Waals surface area contributed by atoms with Gasteiger partial charge in [-0.2, -0.15) is 4.98 Å². The van der Waals surface area contributed by atoms with Gasteiger partial charge in [-0.15, -0.1) is 0 Å². The van der Waals surface area contributed by atoms with Crippen molar-refractivity contribution in [2.75, 3.05) is 23.4 Å². The molecule has 0 radical (unpaired) electrons. The molecule has 2 rings (SSSR count). The average molecular weight is 305 g/mol. The number of nitrogens with two attached hydrogens (primary N) is 1. The van der Waals surface area contributed by atoms with Crippen LogP contribution >= 0.6 is 11.8 Å². The van der Waals surface area contributed by atoms with E-state index in [9.17, 15) is 4.79 Å². The number of nitrogens with zero attached hydrogens (tertiary/aromatic N) is 3. The molecule has 0 unspecified atom stereocenters. The fourth-order valence-electron chi connectivity index (χ4n) is 1.53. The lowest BCUT2D eigenvalue weighted by Gasteiger charge is -2.10. The van der Waals surface area contributed by atoms with E-state index in [1.54, 1.807) is 12.1 Å². The highest BCUT2D eigenvalue weighted by atomic mass is 32.2. The predicted octanol–water partition coefficient (Wildman–Crippen LogP) is 1.58. The molecule has 0 saturated carbocycles. The Balaban J connectivity index is 1.93. The number of rotatable bonds is 6. The Morgan fingerprint density at radius 3 is 2.95 bits per heavy atom. The van der Waals surface area contributed by atoms with Crippen LogP contribution in [0.1, 0.15) is 6.92 Å². The Kier molecular flexibility index (Phi) is 5.33. The number of nitrogen functional groups attached to an aromatic ring is 1. The van der Waals surface area contributed by atoms with Crippen LogP contribution in [0, 0.1) is 0 Å². The fourth-order valence-corrected chi connectivity index (χ4v) is 2.14. The molecule has 1 aromatic carbocycles. The lowest BCUT2D eigenvalue weighted by molar-refractivity contribution is -0.113. The molecule has 0 saturated heterocycles. The summed E-state index contributed by atoms with van der Waals surface area (Å²) in [7, 11) is 0. The van der Waals surface area contributed by atoms with Gasteiger partial charge >= 0.3 is 0 Å². The summed E-state index contributed by atoms with van der Waals surface area (Å²) in [6.07, 6.45) is 1.31. The summed E-state index contributed by atoms with van der Waals surface area (Å²) in [5, 5.41) is 3.21. The molecule has 1 aromatic heterocycles. The zero-order valence-electron chi connectivity index (χ0n) is 11.4. The van der Waals surface area contributed by atoms with Gasteiger partial charge in [-0.3, -0.25) is 4.79 Å². The number of carbonyl (C=O) groups excluding carboxylic acids is 1. The predicted molar refractivity (Wildman–Crippen MR) is 81.2 cm³/mol. The number of hydrogen-bond donors (Lipinski definition) is 2. The summed E-state index contributed by atoms with van der Waals surface area (Å²) in [5.74, 6) is 0.771. The van der Waals surface area contributed by atoms with Crippen molar-refractivity contribution in [3.8, 4) is 5.75 Å². The summed E-state index contributed by atoms with van der Waals surface area (Å²) in [6, 6.07) is 7.27. The Hall–Kier alpha value is -2.35. The molecule has 3 N–H and O–H groups in total. The molecule has 0 aliphatic rings. The topological polar surface area (TPSA) is 103 Å². The highest BCUT2D eigenvalue weighted by molar-refractivity contribution is 7.99. The first kappa shape index (κ1) is 15.0. The first-order valence-electron chi connectivity index (χ1n) is 6.28. The van der Waals surface area contributed by atoms with Crippen molar-refractivity contribution in [3.05, 3.63) is 30.6 Å². The van der Waals surface area contributed by atoms with Crippen molar-refractivity contribution in [1.82, 2.24) is 15.0 Å². The van der Waals surface area contributed by atoms with Crippen LogP contribution < -0.4 is 15.8 Å². The molecule has 110 valence electrons. The molecular weight excluding hydrogens is 290 g/mol. The minimum absolute atomic E-state index is 0.134. The van der Waals surface area contributed by atoms with Crippen molar-refractivity contribution in [1.29, 1.82) is 0 Å². The summed E-state index contributed by atoms with van der Waals surface area (Å²) < 4.78 is 5.45. The maximum absolute atomic E-state index is 11.9. The molecule has 0 aliphatic heterocycles. The molecule has 0 aliphatic carbocycles. The number of amides is 1. The smallest absolute Gasteiger partial charge is 0.234 e. The monoisotopic (exact) mass is 305 g/mol. The van der Waals surface area contributed by atoms with E-state index in [1.807, 2.05) is 19.1 Å². The molecule has 0 bridgehead atoms. The summed E-state index contributed by atoms with van der Waals surface area (Å²) in [6.45, 7) is 2.42. The van der Waals surface area contributed by atoms with Gasteiger partial charge in [0.05, 0.1) is 18.0 Å².